The molecule has 0 spiro atoms. The van der Waals surface area contributed by atoms with Crippen LogP contribution in [-0.2, 0) is 6.54 Å². The maximum atomic E-state index is 10.8. The zero-order valence-electron chi connectivity index (χ0n) is 10.8. The normalized spacial score (nSPS) is 10.2. The molecule has 0 saturated heterocycles. The average Bonchev–Trinajstić information content (AvgIpc) is 2.87. The first-order valence-corrected chi connectivity index (χ1v) is 5.74. The summed E-state index contributed by atoms with van der Waals surface area (Å²) in [5, 5.41) is 8.86. The number of carboxylic acids is 1. The van der Waals surface area contributed by atoms with Crippen molar-refractivity contribution in [1.82, 2.24) is 4.57 Å². The van der Waals surface area contributed by atoms with Gasteiger partial charge in [0.25, 0.3) is 0 Å². The molecule has 1 aromatic carbocycles. The third-order valence-electron chi connectivity index (χ3n) is 2.81. The number of ether oxygens (including phenoxy) is 2. The summed E-state index contributed by atoms with van der Waals surface area (Å²) in [5.41, 5.74) is 1.28. The van der Waals surface area contributed by atoms with Crippen molar-refractivity contribution >= 4 is 5.97 Å². The van der Waals surface area contributed by atoms with Gasteiger partial charge >= 0.3 is 5.97 Å². The number of benzene rings is 1. The molecule has 2 aromatic rings. The summed E-state index contributed by atoms with van der Waals surface area (Å²) >= 11 is 0. The standard InChI is InChI=1S/C14H15NO4/c1-18-12-4-3-10(7-13(12)19-2)8-15-6-5-11(9-15)14(16)17/h3-7,9H,8H2,1-2H3,(H,16,17). The van der Waals surface area contributed by atoms with Gasteiger partial charge in [-0.25, -0.2) is 4.79 Å². The highest BCUT2D eigenvalue weighted by Crippen LogP contribution is 2.27. The van der Waals surface area contributed by atoms with Crippen molar-refractivity contribution in [1.29, 1.82) is 0 Å². The van der Waals surface area contributed by atoms with Crippen molar-refractivity contribution < 1.29 is 19.4 Å². The Balaban J connectivity index is 2.20. The molecule has 0 atom stereocenters. The summed E-state index contributed by atoms with van der Waals surface area (Å²) in [6.07, 6.45) is 3.33. The van der Waals surface area contributed by atoms with E-state index >= 15 is 0 Å². The van der Waals surface area contributed by atoms with Crippen LogP contribution < -0.4 is 9.47 Å². The molecule has 19 heavy (non-hydrogen) atoms. The van der Waals surface area contributed by atoms with Crippen LogP contribution in [0.5, 0.6) is 11.5 Å². The number of methoxy groups -OCH3 is 2. The molecule has 1 N–H and O–H groups in total. The fourth-order valence-electron chi connectivity index (χ4n) is 1.86. The summed E-state index contributed by atoms with van der Waals surface area (Å²) in [5.74, 6) is 0.404. The van der Waals surface area contributed by atoms with Gasteiger partial charge in [-0.2, -0.15) is 0 Å². The zero-order valence-corrected chi connectivity index (χ0v) is 10.8. The smallest absolute Gasteiger partial charge is 0.337 e. The highest BCUT2D eigenvalue weighted by atomic mass is 16.5. The second-order valence-electron chi connectivity index (χ2n) is 4.07. The van der Waals surface area contributed by atoms with E-state index in [4.69, 9.17) is 14.6 Å². The lowest BCUT2D eigenvalue weighted by Crippen LogP contribution is -1.99. The van der Waals surface area contributed by atoms with Gasteiger partial charge in [0.1, 0.15) is 0 Å². The molecular weight excluding hydrogens is 246 g/mol. The van der Waals surface area contributed by atoms with E-state index in [1.807, 2.05) is 22.8 Å². The molecule has 0 aliphatic carbocycles. The second-order valence-corrected chi connectivity index (χ2v) is 4.07. The van der Waals surface area contributed by atoms with Gasteiger partial charge in [-0.15, -0.1) is 0 Å². The number of hydrogen-bond donors (Lipinski definition) is 1. The number of aromatic carboxylic acids is 1. The molecule has 0 fully saturated rings. The minimum absolute atomic E-state index is 0.278. The molecule has 100 valence electrons. The van der Waals surface area contributed by atoms with Crippen molar-refractivity contribution in [2.45, 2.75) is 6.54 Å². The molecular formula is C14H15NO4. The second kappa shape index (κ2) is 5.48. The summed E-state index contributed by atoms with van der Waals surface area (Å²) in [6.45, 7) is 0.577. The van der Waals surface area contributed by atoms with Crippen LogP contribution in [0.25, 0.3) is 0 Å². The van der Waals surface area contributed by atoms with Crippen molar-refractivity contribution in [3.8, 4) is 11.5 Å². The topological polar surface area (TPSA) is 60.7 Å². The number of carboxylic acid groups (broad SMARTS) is 1. The zero-order chi connectivity index (χ0) is 13.8. The van der Waals surface area contributed by atoms with Crippen LogP contribution in [0.1, 0.15) is 15.9 Å². The van der Waals surface area contributed by atoms with Crippen molar-refractivity contribution in [2.75, 3.05) is 14.2 Å². The third-order valence-corrected chi connectivity index (χ3v) is 2.81. The Labute approximate surface area is 111 Å². The van der Waals surface area contributed by atoms with Gasteiger partial charge in [-0.05, 0) is 23.8 Å². The van der Waals surface area contributed by atoms with Crippen LogP contribution in [-0.4, -0.2) is 29.9 Å². The first kappa shape index (κ1) is 13.0. The maximum Gasteiger partial charge on any atom is 0.337 e. The van der Waals surface area contributed by atoms with Gasteiger partial charge in [0, 0.05) is 18.9 Å². The van der Waals surface area contributed by atoms with Crippen LogP contribution in [0.15, 0.2) is 36.7 Å². The number of rotatable bonds is 5. The highest BCUT2D eigenvalue weighted by Gasteiger charge is 2.07. The van der Waals surface area contributed by atoms with E-state index < -0.39 is 5.97 Å². The van der Waals surface area contributed by atoms with Crippen molar-refractivity contribution in [2.24, 2.45) is 0 Å². The summed E-state index contributed by atoms with van der Waals surface area (Å²) in [7, 11) is 3.17. The Morgan fingerprint density at radius 1 is 1.21 bits per heavy atom. The lowest BCUT2D eigenvalue weighted by molar-refractivity contribution is 0.0697. The average molecular weight is 261 g/mol. The van der Waals surface area contributed by atoms with Gasteiger partial charge < -0.3 is 19.1 Å². The predicted octanol–water partition coefficient (Wildman–Crippen LogP) is 2.25. The first-order chi connectivity index (χ1) is 9.13. The van der Waals surface area contributed by atoms with Gasteiger partial charge in [-0.3, -0.25) is 0 Å². The molecule has 0 amide bonds. The molecule has 0 aliphatic rings. The number of carbonyl (C=O) groups is 1. The summed E-state index contributed by atoms with van der Waals surface area (Å²) in [6, 6.07) is 7.19. The molecule has 5 nitrogen and oxygen atoms in total. The van der Waals surface area contributed by atoms with Crippen LogP contribution in [0.3, 0.4) is 0 Å². The van der Waals surface area contributed by atoms with E-state index in [0.717, 1.165) is 5.56 Å². The fourth-order valence-corrected chi connectivity index (χ4v) is 1.86. The Kier molecular flexibility index (Phi) is 3.75. The monoisotopic (exact) mass is 261 g/mol. The Bertz CT molecular complexity index is 589. The van der Waals surface area contributed by atoms with Crippen LogP contribution >= 0.6 is 0 Å². The van der Waals surface area contributed by atoms with Gasteiger partial charge in [0.05, 0.1) is 19.8 Å². The van der Waals surface area contributed by atoms with Crippen molar-refractivity contribution in [3.05, 3.63) is 47.8 Å². The maximum absolute atomic E-state index is 10.8. The number of aromatic nitrogens is 1. The molecule has 1 aromatic heterocycles. The molecule has 0 radical (unpaired) electrons. The molecule has 2 rings (SSSR count). The molecule has 0 bridgehead atoms. The Hall–Kier alpha value is -2.43. The largest absolute Gasteiger partial charge is 0.493 e. The van der Waals surface area contributed by atoms with Crippen LogP contribution in [0.2, 0.25) is 0 Å². The van der Waals surface area contributed by atoms with E-state index in [9.17, 15) is 4.79 Å². The lowest BCUT2D eigenvalue weighted by atomic mass is 10.2. The number of nitrogens with zero attached hydrogens (tertiary/aromatic N) is 1. The molecule has 0 unspecified atom stereocenters. The minimum atomic E-state index is -0.925. The van der Waals surface area contributed by atoms with Crippen LogP contribution in [0.4, 0.5) is 0 Å². The molecule has 0 aliphatic heterocycles. The molecule has 5 heteroatoms. The van der Waals surface area contributed by atoms with Crippen LogP contribution in [0, 0.1) is 0 Å². The number of hydrogen-bond acceptors (Lipinski definition) is 3. The molecule has 0 saturated carbocycles. The van der Waals surface area contributed by atoms with E-state index in [2.05, 4.69) is 0 Å². The third kappa shape index (κ3) is 2.88. The molecule has 1 heterocycles. The SMILES string of the molecule is COc1ccc(Cn2ccc(C(=O)O)c2)cc1OC. The van der Waals surface area contributed by atoms with E-state index in [-0.39, 0.29) is 5.56 Å². The predicted molar refractivity (Wildman–Crippen MR) is 70.0 cm³/mol. The Morgan fingerprint density at radius 3 is 2.53 bits per heavy atom. The minimum Gasteiger partial charge on any atom is -0.493 e. The Morgan fingerprint density at radius 2 is 1.95 bits per heavy atom. The van der Waals surface area contributed by atoms with Gasteiger partial charge in [-0.1, -0.05) is 6.07 Å². The fraction of sp³-hybridized carbons (Fsp3) is 0.214. The lowest BCUT2D eigenvalue weighted by Gasteiger charge is -2.10. The first-order valence-electron chi connectivity index (χ1n) is 5.74. The van der Waals surface area contributed by atoms with Crippen molar-refractivity contribution in [3.63, 3.8) is 0 Å². The quantitative estimate of drug-likeness (QED) is 0.896. The summed E-state index contributed by atoms with van der Waals surface area (Å²) in [4.78, 5) is 10.8. The summed E-state index contributed by atoms with van der Waals surface area (Å²) < 4.78 is 12.2. The van der Waals surface area contributed by atoms with E-state index in [1.165, 1.54) is 0 Å². The van der Waals surface area contributed by atoms with Gasteiger partial charge in [0.2, 0.25) is 0 Å². The highest BCUT2D eigenvalue weighted by molar-refractivity contribution is 5.87. The van der Waals surface area contributed by atoms with E-state index in [1.54, 1.807) is 32.7 Å². The van der Waals surface area contributed by atoms with E-state index in [0.29, 0.717) is 18.0 Å². The van der Waals surface area contributed by atoms with Gasteiger partial charge in [0.15, 0.2) is 11.5 Å².